The normalized spacial score (nSPS) is 16.7. The summed E-state index contributed by atoms with van der Waals surface area (Å²) in [5, 5.41) is 9.19. The predicted molar refractivity (Wildman–Crippen MR) is 106 cm³/mol. The highest BCUT2D eigenvalue weighted by atomic mass is 32.2. The number of aromatic nitrogens is 2. The molecule has 29 heavy (non-hydrogen) atoms. The molecule has 0 bridgehead atoms. The molecule has 0 N–H and O–H groups in total. The smallest absolute Gasteiger partial charge is 0.207 e. The van der Waals surface area contributed by atoms with Crippen molar-refractivity contribution >= 4 is 42.8 Å². The molecule has 1 aromatic heterocycles. The fourth-order valence-corrected chi connectivity index (χ4v) is 6.94. The number of benzene rings is 2. The third-order valence-corrected chi connectivity index (χ3v) is 9.12. The lowest BCUT2D eigenvalue weighted by Crippen LogP contribution is -2.50. The first-order valence-corrected chi connectivity index (χ1v) is 12.2. The topological polar surface area (TPSA) is 124 Å². The standard InChI is InChI=1S/C17H15N5O4S3/c18-12-13-4-1-2-6-15(13)28(23,24)21-8-10-22(11-9-21)29(25,26)16-7-3-5-14-17(16)20-27-19-14/h1-7H,8-11H2. The van der Waals surface area contributed by atoms with E-state index >= 15 is 0 Å². The summed E-state index contributed by atoms with van der Waals surface area (Å²) in [6, 6.07) is 12.6. The van der Waals surface area contributed by atoms with Gasteiger partial charge in [0.25, 0.3) is 0 Å². The van der Waals surface area contributed by atoms with Gasteiger partial charge in [-0.25, -0.2) is 16.8 Å². The Morgan fingerprint density at radius 1 is 0.828 bits per heavy atom. The van der Waals surface area contributed by atoms with Gasteiger partial charge in [-0.3, -0.25) is 0 Å². The average molecular weight is 450 g/mol. The molecule has 2 aromatic carbocycles. The van der Waals surface area contributed by atoms with Gasteiger partial charge in [0.05, 0.1) is 22.2 Å². The molecule has 3 aromatic rings. The Hall–Kier alpha value is -2.43. The van der Waals surface area contributed by atoms with E-state index < -0.39 is 20.0 Å². The summed E-state index contributed by atoms with van der Waals surface area (Å²) in [5.74, 6) is 0. The van der Waals surface area contributed by atoms with Crippen molar-refractivity contribution in [3.05, 3.63) is 48.0 Å². The Bertz CT molecular complexity index is 1320. The molecule has 0 radical (unpaired) electrons. The number of piperazine rings is 1. The van der Waals surface area contributed by atoms with Crippen molar-refractivity contribution in [2.24, 2.45) is 0 Å². The molecule has 1 fully saturated rings. The highest BCUT2D eigenvalue weighted by Crippen LogP contribution is 2.27. The summed E-state index contributed by atoms with van der Waals surface area (Å²) in [4.78, 5) is -0.00740. The van der Waals surface area contributed by atoms with Crippen LogP contribution >= 0.6 is 11.7 Å². The molecule has 0 unspecified atom stereocenters. The number of nitriles is 1. The maximum Gasteiger partial charge on any atom is 0.245 e. The van der Waals surface area contributed by atoms with E-state index in [0.717, 1.165) is 11.7 Å². The fraction of sp³-hybridized carbons (Fsp3) is 0.235. The van der Waals surface area contributed by atoms with Crippen LogP contribution in [-0.4, -0.2) is 60.4 Å². The molecular formula is C17H15N5O4S3. The quantitative estimate of drug-likeness (QED) is 0.587. The van der Waals surface area contributed by atoms with Crippen LogP contribution in [0.4, 0.5) is 0 Å². The van der Waals surface area contributed by atoms with Gasteiger partial charge in [0.15, 0.2) is 0 Å². The molecule has 1 aliphatic rings. The van der Waals surface area contributed by atoms with E-state index in [1.54, 1.807) is 24.3 Å². The summed E-state index contributed by atoms with van der Waals surface area (Å²) >= 11 is 0.938. The second-order valence-corrected chi connectivity index (χ2v) is 10.6. The minimum atomic E-state index is -3.90. The predicted octanol–water partition coefficient (Wildman–Crippen LogP) is 1.26. The van der Waals surface area contributed by atoms with Crippen LogP contribution < -0.4 is 0 Å². The Labute approximate surface area is 172 Å². The van der Waals surface area contributed by atoms with E-state index in [4.69, 9.17) is 0 Å². The highest BCUT2D eigenvalue weighted by Gasteiger charge is 2.35. The maximum absolute atomic E-state index is 13.1. The zero-order valence-corrected chi connectivity index (χ0v) is 17.4. The van der Waals surface area contributed by atoms with Gasteiger partial charge >= 0.3 is 0 Å². The van der Waals surface area contributed by atoms with Gasteiger partial charge in [-0.2, -0.15) is 22.6 Å². The summed E-state index contributed by atoms with van der Waals surface area (Å²) in [6.07, 6.45) is 0. The number of nitrogens with zero attached hydrogens (tertiary/aromatic N) is 5. The second-order valence-electron chi connectivity index (χ2n) is 6.30. The Kier molecular flexibility index (Phi) is 5.09. The van der Waals surface area contributed by atoms with E-state index in [1.165, 1.54) is 26.8 Å². The molecule has 0 aliphatic carbocycles. The second kappa shape index (κ2) is 7.43. The zero-order chi connectivity index (χ0) is 20.6. The van der Waals surface area contributed by atoms with Crippen LogP contribution in [0.15, 0.2) is 52.3 Å². The Morgan fingerprint density at radius 3 is 2.07 bits per heavy atom. The number of fused-ring (bicyclic) bond motifs is 1. The van der Waals surface area contributed by atoms with Gasteiger partial charge in [-0.15, -0.1) is 0 Å². The van der Waals surface area contributed by atoms with E-state index in [1.807, 2.05) is 6.07 Å². The van der Waals surface area contributed by atoms with E-state index in [0.29, 0.717) is 11.0 Å². The molecule has 2 heterocycles. The molecule has 9 nitrogen and oxygen atoms in total. The van der Waals surface area contributed by atoms with Crippen LogP contribution in [0.5, 0.6) is 0 Å². The summed E-state index contributed by atoms with van der Waals surface area (Å²) in [6.45, 7) is -0.00624. The van der Waals surface area contributed by atoms with E-state index in [-0.39, 0.29) is 41.5 Å². The molecule has 1 saturated heterocycles. The molecule has 0 atom stereocenters. The largest absolute Gasteiger partial charge is 0.245 e. The van der Waals surface area contributed by atoms with Gasteiger partial charge < -0.3 is 0 Å². The molecule has 4 rings (SSSR count). The molecule has 12 heteroatoms. The van der Waals surface area contributed by atoms with Gasteiger partial charge in [0.1, 0.15) is 22.0 Å². The Balaban J connectivity index is 1.58. The summed E-state index contributed by atoms with van der Waals surface area (Å²) in [7, 11) is -7.74. The van der Waals surface area contributed by atoms with Gasteiger partial charge in [0.2, 0.25) is 20.0 Å². The summed E-state index contributed by atoms with van der Waals surface area (Å²) in [5.41, 5.74) is 0.881. The number of rotatable bonds is 4. The zero-order valence-electron chi connectivity index (χ0n) is 15.0. The van der Waals surface area contributed by atoms with Crippen LogP contribution in [0.3, 0.4) is 0 Å². The molecule has 0 spiro atoms. The number of sulfonamides is 2. The number of hydrogen-bond acceptors (Lipinski definition) is 8. The van der Waals surface area contributed by atoms with Crippen molar-refractivity contribution in [3.8, 4) is 6.07 Å². The lowest BCUT2D eigenvalue weighted by atomic mass is 10.2. The van der Waals surface area contributed by atoms with Gasteiger partial charge in [-0.05, 0) is 24.3 Å². The van der Waals surface area contributed by atoms with Crippen LogP contribution in [0.25, 0.3) is 11.0 Å². The van der Waals surface area contributed by atoms with Crippen molar-refractivity contribution in [3.63, 3.8) is 0 Å². The fourth-order valence-electron chi connectivity index (χ4n) is 3.20. The van der Waals surface area contributed by atoms with Crippen LogP contribution in [0.2, 0.25) is 0 Å². The first-order chi connectivity index (χ1) is 13.9. The molecule has 0 amide bonds. The molecule has 0 saturated carbocycles. The van der Waals surface area contributed by atoms with Gasteiger partial charge in [0, 0.05) is 26.2 Å². The van der Waals surface area contributed by atoms with Crippen LogP contribution in [0.1, 0.15) is 5.56 Å². The van der Waals surface area contributed by atoms with Crippen LogP contribution in [-0.2, 0) is 20.0 Å². The van der Waals surface area contributed by atoms with E-state index in [9.17, 15) is 22.1 Å². The lowest BCUT2D eigenvalue weighted by molar-refractivity contribution is 0.273. The lowest BCUT2D eigenvalue weighted by Gasteiger charge is -2.33. The molecule has 150 valence electrons. The molecule has 1 aliphatic heterocycles. The minimum Gasteiger partial charge on any atom is -0.207 e. The Morgan fingerprint density at radius 2 is 1.41 bits per heavy atom. The van der Waals surface area contributed by atoms with Crippen molar-refractivity contribution in [2.75, 3.05) is 26.2 Å². The van der Waals surface area contributed by atoms with Crippen molar-refractivity contribution in [1.29, 1.82) is 5.26 Å². The van der Waals surface area contributed by atoms with Crippen molar-refractivity contribution in [1.82, 2.24) is 17.4 Å². The third kappa shape index (κ3) is 3.41. The minimum absolute atomic E-state index is 0.00420. The number of hydrogen-bond donors (Lipinski definition) is 0. The first kappa shape index (κ1) is 19.9. The average Bonchev–Trinajstić information content (AvgIpc) is 3.22. The highest BCUT2D eigenvalue weighted by molar-refractivity contribution is 7.89. The molecular weight excluding hydrogens is 434 g/mol. The van der Waals surface area contributed by atoms with Crippen molar-refractivity contribution in [2.45, 2.75) is 9.79 Å². The third-order valence-electron chi connectivity index (χ3n) is 4.69. The van der Waals surface area contributed by atoms with E-state index in [2.05, 4.69) is 8.75 Å². The van der Waals surface area contributed by atoms with Gasteiger partial charge in [-0.1, -0.05) is 18.2 Å². The maximum atomic E-state index is 13.1. The monoisotopic (exact) mass is 449 g/mol. The summed E-state index contributed by atoms with van der Waals surface area (Å²) < 4.78 is 62.6. The van der Waals surface area contributed by atoms with Crippen molar-refractivity contribution < 1.29 is 16.8 Å². The van der Waals surface area contributed by atoms with Crippen LogP contribution in [0, 0.1) is 11.3 Å². The SMILES string of the molecule is N#Cc1ccccc1S(=O)(=O)N1CCN(S(=O)(=O)c2cccc3nsnc23)CC1. The first-order valence-electron chi connectivity index (χ1n) is 8.56.